The van der Waals surface area contributed by atoms with Crippen molar-refractivity contribution >= 4 is 28.7 Å². The van der Waals surface area contributed by atoms with Crippen molar-refractivity contribution in [1.82, 2.24) is 25.2 Å². The first kappa shape index (κ1) is 18.9. The van der Waals surface area contributed by atoms with Crippen LogP contribution < -0.4 is 10.2 Å². The Balaban J connectivity index is 1.46. The van der Waals surface area contributed by atoms with Crippen molar-refractivity contribution in [3.8, 4) is 0 Å². The second-order valence-corrected chi connectivity index (χ2v) is 7.18. The van der Waals surface area contributed by atoms with E-state index in [2.05, 4.69) is 25.2 Å². The van der Waals surface area contributed by atoms with E-state index in [1.807, 2.05) is 35.4 Å². The Hall–Kier alpha value is -3.42. The number of aromatic nitrogens is 3. The summed E-state index contributed by atoms with van der Waals surface area (Å²) < 4.78 is 0. The molecule has 0 saturated carbocycles. The number of hydrogen-bond acceptors (Lipinski definition) is 5. The van der Waals surface area contributed by atoms with Gasteiger partial charge in [0, 0.05) is 69.0 Å². The minimum Gasteiger partial charge on any atom is -0.361 e. The first-order valence-electron chi connectivity index (χ1n) is 9.74. The van der Waals surface area contributed by atoms with E-state index >= 15 is 0 Å². The number of benzene rings is 1. The molecule has 1 saturated heterocycles. The number of amides is 2. The highest BCUT2D eigenvalue weighted by Gasteiger charge is 2.29. The highest BCUT2D eigenvalue weighted by atomic mass is 16.2. The summed E-state index contributed by atoms with van der Waals surface area (Å²) in [6, 6.07) is 9.15. The Labute approximate surface area is 168 Å². The number of H-pyrrole nitrogens is 1. The quantitative estimate of drug-likeness (QED) is 0.684. The molecule has 3 heterocycles. The maximum absolute atomic E-state index is 13.2. The summed E-state index contributed by atoms with van der Waals surface area (Å²) in [5, 5.41) is 3.91. The van der Waals surface area contributed by atoms with Crippen LogP contribution in [0.25, 0.3) is 10.9 Å². The van der Waals surface area contributed by atoms with Crippen LogP contribution in [-0.2, 0) is 16.0 Å². The second-order valence-electron chi connectivity index (χ2n) is 7.18. The van der Waals surface area contributed by atoms with E-state index in [-0.39, 0.29) is 11.8 Å². The zero-order chi connectivity index (χ0) is 20.2. The third-order valence-corrected chi connectivity index (χ3v) is 5.20. The average Bonchev–Trinajstić information content (AvgIpc) is 3.16. The summed E-state index contributed by atoms with van der Waals surface area (Å²) in [5.41, 5.74) is 2.04. The summed E-state index contributed by atoms with van der Waals surface area (Å²) in [6.07, 6.45) is 5.80. The molecule has 8 heteroatoms. The molecule has 1 aromatic carbocycles. The van der Waals surface area contributed by atoms with Gasteiger partial charge in [-0.1, -0.05) is 18.2 Å². The van der Waals surface area contributed by atoms with E-state index < -0.39 is 6.04 Å². The predicted molar refractivity (Wildman–Crippen MR) is 110 cm³/mol. The lowest BCUT2D eigenvalue weighted by Crippen LogP contribution is -2.55. The molecule has 2 N–H and O–H groups in total. The van der Waals surface area contributed by atoms with Gasteiger partial charge in [0.05, 0.1) is 0 Å². The van der Waals surface area contributed by atoms with Crippen LogP contribution in [0.2, 0.25) is 0 Å². The van der Waals surface area contributed by atoms with E-state index in [1.165, 1.54) is 6.92 Å². The molecule has 1 aliphatic rings. The van der Waals surface area contributed by atoms with Crippen molar-refractivity contribution in [3.05, 3.63) is 54.5 Å². The van der Waals surface area contributed by atoms with Gasteiger partial charge >= 0.3 is 0 Å². The zero-order valence-corrected chi connectivity index (χ0v) is 16.3. The zero-order valence-electron chi connectivity index (χ0n) is 16.3. The molecule has 0 bridgehead atoms. The smallest absolute Gasteiger partial charge is 0.245 e. The van der Waals surface area contributed by atoms with E-state index in [0.717, 1.165) is 16.5 Å². The molecule has 0 aliphatic carbocycles. The largest absolute Gasteiger partial charge is 0.361 e. The first-order chi connectivity index (χ1) is 14.1. The molecule has 1 fully saturated rings. The van der Waals surface area contributed by atoms with Crippen LogP contribution in [0.1, 0.15) is 12.5 Å². The highest BCUT2D eigenvalue weighted by molar-refractivity contribution is 5.89. The van der Waals surface area contributed by atoms with Crippen LogP contribution in [0.15, 0.2) is 48.9 Å². The fraction of sp³-hybridized carbons (Fsp3) is 0.333. The molecular weight excluding hydrogens is 368 g/mol. The number of nitrogens with zero attached hydrogens (tertiary/aromatic N) is 4. The molecular formula is C21H24N6O2. The van der Waals surface area contributed by atoms with E-state index in [9.17, 15) is 9.59 Å². The standard InChI is InChI=1S/C21H24N6O2/c1-15(28)25-19(13-16-14-24-18-6-3-2-5-17(16)18)20(29)26-9-11-27(12-10-26)21-22-7-4-8-23-21/h2-8,14,19,24H,9-13H2,1H3,(H,25,28)/t19-/m1/s1. The molecule has 1 aliphatic heterocycles. The summed E-state index contributed by atoms with van der Waals surface area (Å²) >= 11 is 0. The summed E-state index contributed by atoms with van der Waals surface area (Å²) in [4.78, 5) is 40.6. The number of fused-ring (bicyclic) bond motifs is 1. The Bertz CT molecular complexity index is 995. The van der Waals surface area contributed by atoms with E-state index in [4.69, 9.17) is 0 Å². The van der Waals surface area contributed by atoms with Gasteiger partial charge in [-0.3, -0.25) is 9.59 Å². The van der Waals surface area contributed by atoms with Crippen LogP contribution >= 0.6 is 0 Å². The minimum atomic E-state index is -0.591. The van der Waals surface area contributed by atoms with E-state index in [0.29, 0.717) is 38.5 Å². The number of carbonyl (C=O) groups excluding carboxylic acids is 2. The van der Waals surface area contributed by atoms with Crippen molar-refractivity contribution in [2.75, 3.05) is 31.1 Å². The van der Waals surface area contributed by atoms with Crippen molar-refractivity contribution in [3.63, 3.8) is 0 Å². The normalized spacial score (nSPS) is 15.3. The van der Waals surface area contributed by atoms with E-state index in [1.54, 1.807) is 18.5 Å². The summed E-state index contributed by atoms with van der Waals surface area (Å²) in [7, 11) is 0. The van der Waals surface area contributed by atoms with Crippen LogP contribution in [0.5, 0.6) is 0 Å². The fourth-order valence-electron chi connectivity index (χ4n) is 3.77. The van der Waals surface area contributed by atoms with Crippen molar-refractivity contribution < 1.29 is 9.59 Å². The lowest BCUT2D eigenvalue weighted by Gasteiger charge is -2.36. The molecule has 29 heavy (non-hydrogen) atoms. The molecule has 2 aromatic heterocycles. The van der Waals surface area contributed by atoms with Crippen LogP contribution in [-0.4, -0.2) is 63.9 Å². The van der Waals surface area contributed by atoms with Crippen LogP contribution in [0, 0.1) is 0 Å². The number of hydrogen-bond donors (Lipinski definition) is 2. The number of rotatable bonds is 5. The molecule has 2 amide bonds. The number of anilines is 1. The monoisotopic (exact) mass is 392 g/mol. The van der Waals surface area contributed by atoms with Gasteiger partial charge in [-0.15, -0.1) is 0 Å². The van der Waals surface area contributed by atoms with Gasteiger partial charge in [0.15, 0.2) is 0 Å². The number of nitrogens with one attached hydrogen (secondary N) is 2. The molecule has 150 valence electrons. The third-order valence-electron chi connectivity index (χ3n) is 5.20. The molecule has 0 radical (unpaired) electrons. The molecule has 4 rings (SSSR count). The predicted octanol–water partition coefficient (Wildman–Crippen LogP) is 1.35. The van der Waals surface area contributed by atoms with Crippen molar-refractivity contribution in [1.29, 1.82) is 0 Å². The summed E-state index contributed by atoms with van der Waals surface area (Å²) in [6.45, 7) is 3.91. The van der Waals surface area contributed by atoms with Crippen LogP contribution in [0.3, 0.4) is 0 Å². The minimum absolute atomic E-state index is 0.0564. The maximum atomic E-state index is 13.2. The molecule has 0 unspecified atom stereocenters. The van der Waals surface area contributed by atoms with Crippen molar-refractivity contribution in [2.45, 2.75) is 19.4 Å². The highest BCUT2D eigenvalue weighted by Crippen LogP contribution is 2.20. The second kappa shape index (κ2) is 8.30. The lowest BCUT2D eigenvalue weighted by atomic mass is 10.0. The third kappa shape index (κ3) is 4.21. The Morgan fingerprint density at radius 2 is 1.83 bits per heavy atom. The number of piperazine rings is 1. The number of para-hydroxylation sites is 1. The average molecular weight is 392 g/mol. The Kier molecular flexibility index (Phi) is 5.41. The van der Waals surface area contributed by atoms with Gasteiger partial charge in [-0.05, 0) is 17.7 Å². The van der Waals surface area contributed by atoms with Gasteiger partial charge < -0.3 is 20.1 Å². The van der Waals surface area contributed by atoms with Gasteiger partial charge in [0.2, 0.25) is 17.8 Å². The van der Waals surface area contributed by atoms with Gasteiger partial charge in [-0.25, -0.2) is 9.97 Å². The van der Waals surface area contributed by atoms with Gasteiger partial charge in [0.25, 0.3) is 0 Å². The molecule has 3 aromatic rings. The van der Waals surface area contributed by atoms with Gasteiger partial charge in [-0.2, -0.15) is 0 Å². The topological polar surface area (TPSA) is 94.2 Å². The summed E-state index contributed by atoms with van der Waals surface area (Å²) in [5.74, 6) is 0.412. The lowest BCUT2D eigenvalue weighted by molar-refractivity contribution is -0.136. The molecule has 8 nitrogen and oxygen atoms in total. The Morgan fingerprint density at radius 3 is 2.55 bits per heavy atom. The number of aromatic amines is 1. The SMILES string of the molecule is CC(=O)N[C@H](Cc1c[nH]c2ccccc12)C(=O)N1CCN(c2ncccn2)CC1. The Morgan fingerprint density at radius 1 is 1.10 bits per heavy atom. The first-order valence-corrected chi connectivity index (χ1v) is 9.74. The van der Waals surface area contributed by atoms with Gasteiger partial charge in [0.1, 0.15) is 6.04 Å². The van der Waals surface area contributed by atoms with Crippen molar-refractivity contribution in [2.24, 2.45) is 0 Å². The fourth-order valence-corrected chi connectivity index (χ4v) is 3.77. The van der Waals surface area contributed by atoms with Crippen LogP contribution in [0.4, 0.5) is 5.95 Å². The molecule has 1 atom stereocenters. The molecule has 0 spiro atoms. The number of carbonyl (C=O) groups is 2. The maximum Gasteiger partial charge on any atom is 0.245 e.